The van der Waals surface area contributed by atoms with Gasteiger partial charge >= 0.3 is 6.03 Å². The average Bonchev–Trinajstić information content (AvgIpc) is 3.10. The van der Waals surface area contributed by atoms with Gasteiger partial charge in [-0.15, -0.1) is 0 Å². The van der Waals surface area contributed by atoms with E-state index >= 15 is 0 Å². The van der Waals surface area contributed by atoms with Gasteiger partial charge in [-0.05, 0) is 43.4 Å². The molecule has 0 atom stereocenters. The Hall–Kier alpha value is -2.45. The molecule has 3 N–H and O–H groups in total. The second kappa shape index (κ2) is 9.48. The molecule has 27 heavy (non-hydrogen) atoms. The average molecular weight is 372 g/mol. The summed E-state index contributed by atoms with van der Waals surface area (Å²) in [5.74, 6) is 0.531. The molecule has 1 saturated carbocycles. The van der Waals surface area contributed by atoms with Gasteiger partial charge in [0.25, 0.3) is 0 Å². The third-order valence-corrected chi connectivity index (χ3v) is 4.84. The number of aromatic nitrogens is 3. The first-order valence-electron chi connectivity index (χ1n) is 9.39. The first-order chi connectivity index (χ1) is 13.1. The van der Waals surface area contributed by atoms with Gasteiger partial charge < -0.3 is 15.4 Å². The molecule has 2 aromatic rings. The molecule has 2 aromatic heterocycles. The van der Waals surface area contributed by atoms with E-state index in [1.54, 1.807) is 24.2 Å². The van der Waals surface area contributed by atoms with Crippen LogP contribution in [0, 0.1) is 0 Å². The molecule has 8 nitrogen and oxygen atoms in total. The summed E-state index contributed by atoms with van der Waals surface area (Å²) >= 11 is 0. The van der Waals surface area contributed by atoms with Crippen LogP contribution >= 0.6 is 0 Å². The van der Waals surface area contributed by atoms with Crippen LogP contribution in [0.25, 0.3) is 11.1 Å². The van der Waals surface area contributed by atoms with E-state index in [0.29, 0.717) is 11.9 Å². The lowest BCUT2D eigenvalue weighted by Crippen LogP contribution is -2.44. The van der Waals surface area contributed by atoms with Crippen LogP contribution in [0.1, 0.15) is 25.7 Å². The predicted molar refractivity (Wildman–Crippen MR) is 105 cm³/mol. The minimum absolute atomic E-state index is 0.201. The van der Waals surface area contributed by atoms with Gasteiger partial charge in [0.05, 0.1) is 12.8 Å². The number of nitrogens with zero attached hydrogens (tertiary/aromatic N) is 3. The fraction of sp³-hybridized carbons (Fsp3) is 0.526. The number of amides is 2. The Balaban J connectivity index is 1.46. The molecule has 0 unspecified atom stereocenters. The van der Waals surface area contributed by atoms with Crippen LogP contribution in [0.15, 0.2) is 30.7 Å². The van der Waals surface area contributed by atoms with Crippen molar-refractivity contribution >= 4 is 11.8 Å². The molecule has 8 heteroatoms. The highest BCUT2D eigenvalue weighted by Crippen LogP contribution is 2.21. The normalized spacial score (nSPS) is 19.6. The highest BCUT2D eigenvalue weighted by molar-refractivity contribution is 5.89. The van der Waals surface area contributed by atoms with E-state index in [-0.39, 0.29) is 12.1 Å². The van der Waals surface area contributed by atoms with Crippen LogP contribution in [0.2, 0.25) is 0 Å². The van der Waals surface area contributed by atoms with Crippen molar-refractivity contribution in [2.24, 2.45) is 7.05 Å². The van der Waals surface area contributed by atoms with E-state index < -0.39 is 0 Å². The van der Waals surface area contributed by atoms with Crippen LogP contribution < -0.4 is 16.0 Å². The molecular formula is C19H28N6O2. The van der Waals surface area contributed by atoms with Gasteiger partial charge in [0.2, 0.25) is 0 Å². The summed E-state index contributed by atoms with van der Waals surface area (Å²) in [6.45, 7) is 1.60. The molecule has 2 amide bonds. The highest BCUT2D eigenvalue weighted by atomic mass is 16.5. The van der Waals surface area contributed by atoms with Gasteiger partial charge in [-0.2, -0.15) is 5.10 Å². The number of hydrogen-bond acceptors (Lipinski definition) is 5. The van der Waals surface area contributed by atoms with Crippen LogP contribution in [0.3, 0.4) is 0 Å². The van der Waals surface area contributed by atoms with Gasteiger partial charge in [0.1, 0.15) is 5.82 Å². The number of ether oxygens (including phenoxy) is 1. The first-order valence-corrected chi connectivity index (χ1v) is 9.39. The third kappa shape index (κ3) is 5.77. The number of nitrogens with one attached hydrogen (secondary N) is 3. The van der Waals surface area contributed by atoms with Crippen LogP contribution in [-0.2, 0) is 11.8 Å². The zero-order chi connectivity index (χ0) is 19.1. The van der Waals surface area contributed by atoms with E-state index in [1.165, 1.54) is 0 Å². The van der Waals surface area contributed by atoms with E-state index in [1.807, 2.05) is 25.4 Å². The number of carbonyl (C=O) groups is 1. The predicted octanol–water partition coefficient (Wildman–Crippen LogP) is 2.15. The van der Waals surface area contributed by atoms with E-state index in [4.69, 9.17) is 4.74 Å². The van der Waals surface area contributed by atoms with Crippen molar-refractivity contribution in [1.82, 2.24) is 25.4 Å². The Morgan fingerprint density at radius 2 is 2.04 bits per heavy atom. The van der Waals surface area contributed by atoms with Crippen LogP contribution in [-0.4, -0.2) is 53.1 Å². The molecule has 2 heterocycles. The van der Waals surface area contributed by atoms with Crippen molar-refractivity contribution in [3.8, 4) is 11.1 Å². The molecule has 146 valence electrons. The molecule has 3 rings (SSSR count). The van der Waals surface area contributed by atoms with Crippen LogP contribution in [0.5, 0.6) is 0 Å². The Morgan fingerprint density at radius 3 is 2.74 bits per heavy atom. The van der Waals surface area contributed by atoms with Gasteiger partial charge in [0, 0.05) is 50.7 Å². The number of aryl methyl sites for hydroxylation is 1. The molecule has 0 radical (unpaired) electrons. The fourth-order valence-corrected chi connectivity index (χ4v) is 3.39. The number of urea groups is 1. The highest BCUT2D eigenvalue weighted by Gasteiger charge is 2.22. The zero-order valence-electron chi connectivity index (χ0n) is 15.9. The monoisotopic (exact) mass is 372 g/mol. The molecular weight excluding hydrogens is 344 g/mol. The van der Waals surface area contributed by atoms with Crippen molar-refractivity contribution in [3.05, 3.63) is 30.7 Å². The minimum Gasteiger partial charge on any atom is -0.383 e. The smallest absolute Gasteiger partial charge is 0.320 e. The minimum atomic E-state index is -0.207. The molecule has 0 aliphatic heterocycles. The van der Waals surface area contributed by atoms with E-state index in [0.717, 1.165) is 50.0 Å². The third-order valence-electron chi connectivity index (χ3n) is 4.84. The van der Waals surface area contributed by atoms with Gasteiger partial charge in [-0.3, -0.25) is 10.00 Å². The van der Waals surface area contributed by atoms with Crippen molar-refractivity contribution < 1.29 is 9.53 Å². The van der Waals surface area contributed by atoms with Crippen molar-refractivity contribution in [2.75, 3.05) is 25.6 Å². The maximum Gasteiger partial charge on any atom is 0.320 e. The van der Waals surface area contributed by atoms with Gasteiger partial charge in [0.15, 0.2) is 0 Å². The quantitative estimate of drug-likeness (QED) is 0.648. The maximum absolute atomic E-state index is 12.3. The molecule has 1 aliphatic carbocycles. The second-order valence-corrected chi connectivity index (χ2v) is 6.93. The molecule has 1 fully saturated rings. The number of rotatable bonds is 7. The summed E-state index contributed by atoms with van der Waals surface area (Å²) in [7, 11) is 3.58. The zero-order valence-corrected chi connectivity index (χ0v) is 15.9. The molecule has 0 saturated heterocycles. The lowest BCUT2D eigenvalue weighted by atomic mass is 9.91. The number of anilines is 1. The first kappa shape index (κ1) is 19.3. The van der Waals surface area contributed by atoms with Crippen molar-refractivity contribution in [1.29, 1.82) is 0 Å². The second-order valence-electron chi connectivity index (χ2n) is 6.93. The van der Waals surface area contributed by atoms with Crippen LogP contribution in [0.4, 0.5) is 10.6 Å². The van der Waals surface area contributed by atoms with Crippen molar-refractivity contribution in [3.63, 3.8) is 0 Å². The maximum atomic E-state index is 12.3. The summed E-state index contributed by atoms with van der Waals surface area (Å²) in [6.07, 6.45) is 9.47. The van der Waals surface area contributed by atoms with E-state index in [9.17, 15) is 4.79 Å². The number of pyridine rings is 1. The summed E-state index contributed by atoms with van der Waals surface area (Å²) in [5.41, 5.74) is 1.96. The largest absolute Gasteiger partial charge is 0.383 e. The SMILES string of the molecule is COCCNC1CCC(NC(=O)Nc2cc(-c3cnn(C)c3)ccn2)CC1. The van der Waals surface area contributed by atoms with Gasteiger partial charge in [-0.1, -0.05) is 0 Å². The van der Waals surface area contributed by atoms with Crippen molar-refractivity contribution in [2.45, 2.75) is 37.8 Å². The van der Waals surface area contributed by atoms with Gasteiger partial charge in [-0.25, -0.2) is 9.78 Å². The summed E-state index contributed by atoms with van der Waals surface area (Å²) in [5, 5.41) is 13.6. The Labute approximate surface area is 159 Å². The lowest BCUT2D eigenvalue weighted by Gasteiger charge is -2.29. The molecule has 0 bridgehead atoms. The Kier molecular flexibility index (Phi) is 6.78. The number of hydrogen-bond donors (Lipinski definition) is 3. The summed E-state index contributed by atoms with van der Waals surface area (Å²) < 4.78 is 6.81. The number of methoxy groups -OCH3 is 1. The fourth-order valence-electron chi connectivity index (χ4n) is 3.39. The molecule has 0 aromatic carbocycles. The molecule has 1 aliphatic rings. The topological polar surface area (TPSA) is 93.1 Å². The lowest BCUT2D eigenvalue weighted by molar-refractivity contribution is 0.190. The number of carbonyl (C=O) groups excluding carboxylic acids is 1. The van der Waals surface area contributed by atoms with E-state index in [2.05, 4.69) is 26.0 Å². The summed E-state index contributed by atoms with van der Waals surface area (Å²) in [4.78, 5) is 16.6. The standard InChI is InChI=1S/C19H28N6O2/c1-25-13-15(12-22-25)14-7-8-21-18(11-14)24-19(26)23-17-5-3-16(4-6-17)20-9-10-27-2/h7-8,11-13,16-17,20H,3-6,9-10H2,1-2H3,(H2,21,23,24,26). The molecule has 0 spiro atoms. The summed E-state index contributed by atoms with van der Waals surface area (Å²) in [6, 6.07) is 4.26. The Morgan fingerprint density at radius 1 is 1.26 bits per heavy atom. The Bertz CT molecular complexity index is 739.